The predicted molar refractivity (Wildman–Crippen MR) is 62.9 cm³/mol. The van der Waals surface area contributed by atoms with E-state index in [1.54, 1.807) is 12.2 Å². The Morgan fingerprint density at radius 1 is 1.19 bits per heavy atom. The molecule has 0 spiro atoms. The van der Waals surface area contributed by atoms with Crippen molar-refractivity contribution in [3.05, 3.63) is 54.1 Å². The van der Waals surface area contributed by atoms with Crippen LogP contribution in [0.25, 0.3) is 0 Å². The van der Waals surface area contributed by atoms with Crippen LogP contribution in [0.5, 0.6) is 5.75 Å². The topological polar surface area (TPSA) is 57.5 Å². The van der Waals surface area contributed by atoms with Gasteiger partial charge in [-0.1, -0.05) is 12.2 Å². The van der Waals surface area contributed by atoms with Crippen LogP contribution in [0.4, 0.5) is 0 Å². The zero-order valence-corrected chi connectivity index (χ0v) is 8.94. The highest BCUT2D eigenvalue weighted by molar-refractivity contribution is 5.90. The number of phenols is 1. The predicted octanol–water partition coefficient (Wildman–Crippen LogP) is 2.55. The fourth-order valence-corrected chi connectivity index (χ4v) is 1.63. The van der Waals surface area contributed by atoms with Gasteiger partial charge in [0.2, 0.25) is 0 Å². The van der Waals surface area contributed by atoms with E-state index in [4.69, 9.17) is 5.11 Å². The zero-order valence-electron chi connectivity index (χ0n) is 8.94. The summed E-state index contributed by atoms with van der Waals surface area (Å²) in [6.07, 6.45) is 4.11. The molecule has 0 unspecified atom stereocenters. The summed E-state index contributed by atoms with van der Waals surface area (Å²) in [6.45, 7) is 7.18. The van der Waals surface area contributed by atoms with Crippen LogP contribution >= 0.6 is 0 Å². The lowest BCUT2D eigenvalue weighted by Gasteiger charge is -2.11. The molecule has 1 aromatic carbocycles. The van der Waals surface area contributed by atoms with E-state index in [1.165, 1.54) is 12.1 Å². The van der Waals surface area contributed by atoms with Crippen molar-refractivity contribution in [3.63, 3.8) is 0 Å². The highest BCUT2D eigenvalue weighted by Crippen LogP contribution is 2.26. The van der Waals surface area contributed by atoms with E-state index < -0.39 is 5.97 Å². The van der Waals surface area contributed by atoms with Crippen molar-refractivity contribution in [3.8, 4) is 5.75 Å². The minimum absolute atomic E-state index is 0.0988. The largest absolute Gasteiger partial charge is 0.508 e. The number of carbonyl (C=O) groups is 1. The Morgan fingerprint density at radius 2 is 1.75 bits per heavy atom. The first-order valence-electron chi connectivity index (χ1n) is 4.90. The van der Waals surface area contributed by atoms with E-state index in [9.17, 15) is 9.90 Å². The molecule has 0 heterocycles. The van der Waals surface area contributed by atoms with Gasteiger partial charge in [-0.2, -0.15) is 0 Å². The maximum absolute atomic E-state index is 11.0. The van der Waals surface area contributed by atoms with Gasteiger partial charge in [-0.15, -0.1) is 13.2 Å². The summed E-state index contributed by atoms with van der Waals surface area (Å²) in [5.74, 6) is -0.899. The fourth-order valence-electron chi connectivity index (χ4n) is 1.63. The first kappa shape index (κ1) is 12.0. The van der Waals surface area contributed by atoms with Crippen molar-refractivity contribution >= 4 is 5.97 Å². The van der Waals surface area contributed by atoms with E-state index >= 15 is 0 Å². The summed E-state index contributed by atoms with van der Waals surface area (Å²) in [5.41, 5.74) is 1.41. The van der Waals surface area contributed by atoms with Crippen LogP contribution in [0.15, 0.2) is 37.4 Å². The van der Waals surface area contributed by atoms with E-state index in [0.29, 0.717) is 24.0 Å². The van der Waals surface area contributed by atoms with Gasteiger partial charge in [0.15, 0.2) is 0 Å². The van der Waals surface area contributed by atoms with Gasteiger partial charge >= 0.3 is 5.97 Å². The molecule has 0 atom stereocenters. The third-order valence-corrected chi connectivity index (χ3v) is 2.33. The Kier molecular flexibility index (Phi) is 3.89. The van der Waals surface area contributed by atoms with Crippen LogP contribution in [0.1, 0.15) is 21.5 Å². The van der Waals surface area contributed by atoms with E-state index in [1.807, 2.05) is 0 Å². The molecule has 0 aliphatic carbocycles. The Hall–Kier alpha value is -2.03. The van der Waals surface area contributed by atoms with E-state index in [0.717, 1.165) is 0 Å². The molecule has 0 bridgehead atoms. The lowest BCUT2D eigenvalue weighted by atomic mass is 9.95. The molecule has 1 aromatic rings. The fraction of sp³-hybridized carbons (Fsp3) is 0.154. The summed E-state index contributed by atoms with van der Waals surface area (Å²) in [5, 5.41) is 18.7. The number of aromatic carboxylic acids is 1. The van der Waals surface area contributed by atoms with Crippen molar-refractivity contribution in [2.24, 2.45) is 0 Å². The number of carboxylic acids is 1. The molecule has 3 nitrogen and oxygen atoms in total. The first-order valence-corrected chi connectivity index (χ1v) is 4.90. The van der Waals surface area contributed by atoms with E-state index in [-0.39, 0.29) is 11.3 Å². The molecule has 3 heteroatoms. The van der Waals surface area contributed by atoms with Crippen molar-refractivity contribution in [1.82, 2.24) is 0 Å². The van der Waals surface area contributed by atoms with Gasteiger partial charge in [-0.25, -0.2) is 4.79 Å². The van der Waals surface area contributed by atoms with Gasteiger partial charge in [0.25, 0.3) is 0 Å². The highest BCUT2D eigenvalue weighted by Gasteiger charge is 2.15. The second kappa shape index (κ2) is 5.16. The summed E-state index contributed by atoms with van der Waals surface area (Å²) in [6, 6.07) is 2.80. The van der Waals surface area contributed by atoms with Crippen LogP contribution < -0.4 is 0 Å². The normalized spacial score (nSPS) is 9.75. The highest BCUT2D eigenvalue weighted by atomic mass is 16.4. The molecule has 2 N–H and O–H groups in total. The van der Waals surface area contributed by atoms with Gasteiger partial charge < -0.3 is 10.2 Å². The minimum Gasteiger partial charge on any atom is -0.508 e. The number of hydrogen-bond donors (Lipinski definition) is 2. The maximum atomic E-state index is 11.0. The average Bonchev–Trinajstić information content (AvgIpc) is 2.23. The second-order valence-electron chi connectivity index (χ2n) is 3.38. The molecule has 0 fully saturated rings. The third-order valence-electron chi connectivity index (χ3n) is 2.33. The van der Waals surface area contributed by atoms with Crippen molar-refractivity contribution in [1.29, 1.82) is 0 Å². The monoisotopic (exact) mass is 218 g/mol. The molecule has 0 aliphatic rings. The molecule has 0 amide bonds. The Morgan fingerprint density at radius 3 is 2.25 bits per heavy atom. The second-order valence-corrected chi connectivity index (χ2v) is 3.38. The van der Waals surface area contributed by atoms with Gasteiger partial charge in [-0.3, -0.25) is 0 Å². The van der Waals surface area contributed by atoms with Crippen LogP contribution in [-0.4, -0.2) is 16.2 Å². The molecular formula is C13H14O3. The molecule has 1 rings (SSSR count). The Balaban J connectivity index is 3.41. The lowest BCUT2D eigenvalue weighted by molar-refractivity contribution is 0.0695. The standard InChI is InChI=1S/C13H14O3/c1-3-5-9-10(6-4-2)12(14)8-7-11(9)13(15)16/h3-4,7-8,14H,1-2,5-6H2,(H,15,16). The van der Waals surface area contributed by atoms with Crippen molar-refractivity contribution in [2.45, 2.75) is 12.8 Å². The van der Waals surface area contributed by atoms with Crippen LogP contribution in [0.2, 0.25) is 0 Å². The first-order chi connectivity index (χ1) is 7.61. The number of benzene rings is 1. The van der Waals surface area contributed by atoms with Crippen LogP contribution in [0.3, 0.4) is 0 Å². The number of rotatable bonds is 5. The Bertz CT molecular complexity index is 433. The number of carboxylic acid groups (broad SMARTS) is 1. The molecule has 84 valence electrons. The Labute approximate surface area is 94.4 Å². The van der Waals surface area contributed by atoms with Gasteiger partial charge in [0.05, 0.1) is 5.56 Å². The lowest BCUT2D eigenvalue weighted by Crippen LogP contribution is -2.05. The third kappa shape index (κ3) is 2.31. The van der Waals surface area contributed by atoms with Gasteiger partial charge in [0, 0.05) is 5.56 Å². The number of phenolic OH excluding ortho intramolecular Hbond substituents is 1. The molecule has 16 heavy (non-hydrogen) atoms. The summed E-state index contributed by atoms with van der Waals surface area (Å²) in [4.78, 5) is 11.0. The minimum atomic E-state index is -0.998. The summed E-state index contributed by atoms with van der Waals surface area (Å²) >= 11 is 0. The van der Waals surface area contributed by atoms with Crippen molar-refractivity contribution in [2.75, 3.05) is 0 Å². The number of allylic oxidation sites excluding steroid dienone is 2. The SMILES string of the molecule is C=CCc1c(O)ccc(C(=O)O)c1CC=C. The number of aromatic hydroxyl groups is 1. The van der Waals surface area contributed by atoms with Gasteiger partial charge in [0.1, 0.15) is 5.75 Å². The smallest absolute Gasteiger partial charge is 0.335 e. The molecule has 0 aliphatic heterocycles. The summed E-state index contributed by atoms with van der Waals surface area (Å²) < 4.78 is 0. The zero-order chi connectivity index (χ0) is 12.1. The molecule has 0 radical (unpaired) electrons. The maximum Gasteiger partial charge on any atom is 0.335 e. The molecule has 0 saturated carbocycles. The quantitative estimate of drug-likeness (QED) is 0.747. The van der Waals surface area contributed by atoms with Crippen molar-refractivity contribution < 1.29 is 15.0 Å². The number of hydrogen-bond acceptors (Lipinski definition) is 2. The summed E-state index contributed by atoms with van der Waals surface area (Å²) in [7, 11) is 0. The van der Waals surface area contributed by atoms with Crippen LogP contribution in [-0.2, 0) is 12.8 Å². The molecule has 0 aromatic heterocycles. The van der Waals surface area contributed by atoms with Gasteiger partial charge in [-0.05, 0) is 30.5 Å². The average molecular weight is 218 g/mol. The van der Waals surface area contributed by atoms with E-state index in [2.05, 4.69) is 13.2 Å². The molecular weight excluding hydrogens is 204 g/mol. The molecule has 0 saturated heterocycles. The van der Waals surface area contributed by atoms with Crippen LogP contribution in [0, 0.1) is 0 Å².